The third-order valence-electron chi connectivity index (χ3n) is 5.52. The summed E-state index contributed by atoms with van der Waals surface area (Å²) in [5.74, 6) is -0.836. The molecule has 4 N–H and O–H groups in total. The molecule has 0 saturated heterocycles. The lowest BCUT2D eigenvalue weighted by molar-refractivity contribution is -0.139. The number of carbonyl (C=O) groups excluding carboxylic acids is 2. The van der Waals surface area contributed by atoms with Crippen molar-refractivity contribution >= 4 is 35.3 Å². The molecule has 3 rings (SSSR count). The number of halogens is 1. The fourth-order valence-corrected chi connectivity index (χ4v) is 4.11. The molecule has 10 nitrogen and oxygen atoms in total. The molecular weight excluding hydrogens is 474 g/mol. The van der Waals surface area contributed by atoms with Gasteiger partial charge >= 0.3 is 11.9 Å². The molecule has 0 radical (unpaired) electrons. The van der Waals surface area contributed by atoms with E-state index in [0.717, 1.165) is 0 Å². The highest BCUT2D eigenvalue weighted by Crippen LogP contribution is 2.41. The highest BCUT2D eigenvalue weighted by molar-refractivity contribution is 6.31. The van der Waals surface area contributed by atoms with Gasteiger partial charge in [0.1, 0.15) is 5.82 Å². The number of dihydropyridines is 1. The number of esters is 2. The minimum atomic E-state index is -0.788. The lowest BCUT2D eigenvalue weighted by Crippen LogP contribution is -2.35. The van der Waals surface area contributed by atoms with Gasteiger partial charge in [-0.25, -0.2) is 14.6 Å². The van der Waals surface area contributed by atoms with Gasteiger partial charge < -0.3 is 35.1 Å². The molecule has 1 aromatic carbocycles. The summed E-state index contributed by atoms with van der Waals surface area (Å²) in [6.45, 7) is 4.56. The van der Waals surface area contributed by atoms with Gasteiger partial charge in [0, 0.05) is 24.3 Å². The van der Waals surface area contributed by atoms with Crippen LogP contribution in [0.4, 0.5) is 11.8 Å². The quantitative estimate of drug-likeness (QED) is 0.330. The number of benzene rings is 1. The highest BCUT2D eigenvalue weighted by Gasteiger charge is 2.39. The number of allylic oxidation sites excluding steroid dienone is 1. The molecule has 0 aliphatic carbocycles. The summed E-state index contributed by atoms with van der Waals surface area (Å²) in [6.07, 6.45) is 1.54. The fraction of sp³-hybridized carbons (Fsp3) is 0.375. The molecule has 35 heavy (non-hydrogen) atoms. The molecule has 2 aromatic rings. The molecule has 1 atom stereocenters. The van der Waals surface area contributed by atoms with E-state index in [9.17, 15) is 9.59 Å². The van der Waals surface area contributed by atoms with Crippen LogP contribution in [0.3, 0.4) is 0 Å². The van der Waals surface area contributed by atoms with Gasteiger partial charge in [0.25, 0.3) is 0 Å². The Morgan fingerprint density at radius 2 is 1.97 bits per heavy atom. The van der Waals surface area contributed by atoms with Crippen molar-refractivity contribution in [3.63, 3.8) is 0 Å². The smallest absolute Gasteiger partial charge is 0.336 e. The van der Waals surface area contributed by atoms with E-state index in [-0.39, 0.29) is 24.4 Å². The summed E-state index contributed by atoms with van der Waals surface area (Å²) in [7, 11) is 3.15. The number of aromatic amines is 1. The molecular formula is C24H30ClN5O5. The van der Waals surface area contributed by atoms with Gasteiger partial charge in [0.05, 0.1) is 55.9 Å². The Morgan fingerprint density at radius 1 is 1.23 bits per heavy atom. The number of anilines is 2. The molecule has 1 aliphatic rings. The monoisotopic (exact) mass is 503 g/mol. The number of methoxy groups -OCH3 is 1. The summed E-state index contributed by atoms with van der Waals surface area (Å²) in [4.78, 5) is 34.9. The predicted octanol–water partition coefficient (Wildman–Crippen LogP) is 2.75. The Labute approximate surface area is 209 Å². The number of nitrogens with zero attached hydrogens (tertiary/aromatic N) is 2. The zero-order valence-corrected chi connectivity index (χ0v) is 20.9. The number of likely N-dealkylation sites (N-methyl/N-ethyl adjacent to an activating group) is 1. The Morgan fingerprint density at radius 3 is 2.60 bits per heavy atom. The summed E-state index contributed by atoms with van der Waals surface area (Å²) in [6, 6.07) is 7.06. The molecule has 0 spiro atoms. The molecule has 11 heteroatoms. The molecule has 0 amide bonds. The first-order valence-electron chi connectivity index (χ1n) is 11.1. The highest BCUT2D eigenvalue weighted by atomic mass is 35.5. The van der Waals surface area contributed by atoms with Gasteiger partial charge in [0.2, 0.25) is 5.95 Å². The van der Waals surface area contributed by atoms with Crippen LogP contribution in [0, 0.1) is 0 Å². The minimum Gasteiger partial charge on any atom is -0.466 e. The van der Waals surface area contributed by atoms with Crippen LogP contribution < -0.4 is 16.0 Å². The Kier molecular flexibility index (Phi) is 8.78. The second-order valence-corrected chi connectivity index (χ2v) is 8.27. The molecule has 1 aromatic heterocycles. The summed E-state index contributed by atoms with van der Waals surface area (Å²) in [5, 5.41) is 3.57. The van der Waals surface area contributed by atoms with Crippen LogP contribution in [0.15, 0.2) is 53.0 Å². The number of nitrogens with two attached hydrogens (primary N) is 1. The largest absolute Gasteiger partial charge is 0.466 e. The number of ether oxygens (including phenoxy) is 3. The van der Waals surface area contributed by atoms with E-state index in [1.807, 2.05) is 11.9 Å². The average molecular weight is 504 g/mol. The van der Waals surface area contributed by atoms with Gasteiger partial charge in [-0.1, -0.05) is 29.8 Å². The number of hydrogen-bond donors (Lipinski definition) is 3. The summed E-state index contributed by atoms with van der Waals surface area (Å²) in [5.41, 5.74) is 7.83. The summed E-state index contributed by atoms with van der Waals surface area (Å²) >= 11 is 6.51. The molecule has 0 bridgehead atoms. The maximum atomic E-state index is 13.2. The summed E-state index contributed by atoms with van der Waals surface area (Å²) < 4.78 is 16.3. The third-order valence-corrected chi connectivity index (χ3v) is 5.87. The van der Waals surface area contributed by atoms with E-state index in [1.54, 1.807) is 38.1 Å². The molecule has 0 saturated carbocycles. The molecule has 2 heterocycles. The number of nitrogen functional groups attached to an aromatic ring is 1. The van der Waals surface area contributed by atoms with Gasteiger partial charge in [0.15, 0.2) is 0 Å². The van der Waals surface area contributed by atoms with Crippen LogP contribution in [0.1, 0.15) is 25.3 Å². The Bertz CT molecular complexity index is 1140. The van der Waals surface area contributed by atoms with Crippen LogP contribution in [0.25, 0.3) is 0 Å². The third kappa shape index (κ3) is 5.95. The van der Waals surface area contributed by atoms with Crippen LogP contribution in [-0.2, 0) is 23.8 Å². The topological polar surface area (TPSA) is 132 Å². The molecule has 0 fully saturated rings. The number of hydrogen-bond acceptors (Lipinski definition) is 9. The number of H-pyrrole nitrogens is 1. The van der Waals surface area contributed by atoms with E-state index in [2.05, 4.69) is 15.3 Å². The van der Waals surface area contributed by atoms with Crippen molar-refractivity contribution in [3.05, 3.63) is 63.6 Å². The molecule has 1 aliphatic heterocycles. The van der Waals surface area contributed by atoms with Gasteiger partial charge in [-0.3, -0.25) is 0 Å². The first-order valence-corrected chi connectivity index (χ1v) is 11.5. The van der Waals surface area contributed by atoms with Gasteiger partial charge in [-0.05, 0) is 25.5 Å². The number of aromatic nitrogens is 2. The van der Waals surface area contributed by atoms with Crippen molar-refractivity contribution in [2.45, 2.75) is 19.8 Å². The Balaban J connectivity index is 1.91. The van der Waals surface area contributed by atoms with Crippen molar-refractivity contribution < 1.29 is 23.8 Å². The van der Waals surface area contributed by atoms with Crippen molar-refractivity contribution in [3.8, 4) is 0 Å². The predicted molar refractivity (Wildman–Crippen MR) is 133 cm³/mol. The number of carbonyl (C=O) groups is 2. The van der Waals surface area contributed by atoms with E-state index >= 15 is 0 Å². The molecule has 188 valence electrons. The lowest BCUT2D eigenvalue weighted by Gasteiger charge is -2.31. The Hall–Kier alpha value is -3.50. The fourth-order valence-electron chi connectivity index (χ4n) is 3.86. The van der Waals surface area contributed by atoms with Crippen molar-refractivity contribution in [2.75, 3.05) is 51.2 Å². The zero-order valence-electron chi connectivity index (χ0n) is 20.2. The minimum absolute atomic E-state index is 0.0784. The number of nitrogens with one attached hydrogen (secondary N) is 2. The maximum absolute atomic E-state index is 13.2. The standard InChI is InChI=1S/C24H30ClN5O5/c1-5-35-23(32)21-17(13-34-11-10-30(3)24-27-12-18(26)29-24)28-14(2)19(22(31)33-4)20(21)15-8-6-7-9-16(15)25/h6-9,12,20,28H,5,10-11,13,26H2,1-4H3,(H,27,29). The first-order chi connectivity index (χ1) is 16.8. The van der Waals surface area contributed by atoms with Crippen LogP contribution in [-0.4, -0.2) is 62.4 Å². The second-order valence-electron chi connectivity index (χ2n) is 7.86. The number of rotatable bonds is 10. The SMILES string of the molecule is CCOC(=O)C1=C(COCCN(C)c2ncc(N)[nH]2)NC(C)=C(C(=O)OC)C1c1ccccc1Cl. The van der Waals surface area contributed by atoms with E-state index in [1.165, 1.54) is 13.3 Å². The maximum Gasteiger partial charge on any atom is 0.336 e. The van der Waals surface area contributed by atoms with Crippen LogP contribution in [0.2, 0.25) is 5.02 Å². The van der Waals surface area contributed by atoms with Crippen LogP contribution >= 0.6 is 11.6 Å². The van der Waals surface area contributed by atoms with Gasteiger partial charge in [-0.2, -0.15) is 0 Å². The van der Waals surface area contributed by atoms with Crippen molar-refractivity contribution in [2.24, 2.45) is 0 Å². The average Bonchev–Trinajstić information content (AvgIpc) is 3.27. The molecule has 1 unspecified atom stereocenters. The zero-order chi connectivity index (χ0) is 25.5. The van der Waals surface area contributed by atoms with E-state index in [0.29, 0.717) is 46.9 Å². The normalized spacial score (nSPS) is 15.6. The van der Waals surface area contributed by atoms with Crippen molar-refractivity contribution in [1.29, 1.82) is 0 Å². The first kappa shape index (κ1) is 26.1. The second kappa shape index (κ2) is 11.8. The van der Waals surface area contributed by atoms with Crippen LogP contribution in [0.5, 0.6) is 0 Å². The van der Waals surface area contributed by atoms with Crippen molar-refractivity contribution in [1.82, 2.24) is 15.3 Å². The van der Waals surface area contributed by atoms with E-state index in [4.69, 9.17) is 31.5 Å². The lowest BCUT2D eigenvalue weighted by atomic mass is 9.80. The van der Waals surface area contributed by atoms with E-state index < -0.39 is 17.9 Å². The van der Waals surface area contributed by atoms with Gasteiger partial charge in [-0.15, -0.1) is 0 Å². The number of imidazole rings is 1.